The number of nitrogens with zero attached hydrogens (tertiary/aromatic N) is 5. The van der Waals surface area contributed by atoms with Crippen molar-refractivity contribution in [1.82, 2.24) is 20.3 Å². The lowest BCUT2D eigenvalue weighted by molar-refractivity contribution is -0.643. The molecule has 2 rings (SSSR count). The van der Waals surface area contributed by atoms with Crippen molar-refractivity contribution in [1.29, 1.82) is 0 Å². The monoisotopic (exact) mass is 149 g/mol. The van der Waals surface area contributed by atoms with Gasteiger partial charge in [0.05, 0.1) is 6.20 Å². The van der Waals surface area contributed by atoms with Gasteiger partial charge < -0.3 is 5.21 Å². The molecule has 2 aromatic rings. The molecule has 0 spiro atoms. The quantitative estimate of drug-likeness (QED) is 0.356. The Bertz CT molecular complexity index is 384. The van der Waals surface area contributed by atoms with E-state index in [9.17, 15) is 5.21 Å². The maximum absolute atomic E-state index is 10.9. The first-order valence-electron chi connectivity index (χ1n) is 2.90. The van der Waals surface area contributed by atoms with Crippen molar-refractivity contribution in [3.05, 3.63) is 23.8 Å². The topological polar surface area (TPSA) is 78.5 Å². The fourth-order valence-corrected chi connectivity index (χ4v) is 0.749. The zero-order valence-corrected chi connectivity index (χ0v) is 5.38. The van der Waals surface area contributed by atoms with Gasteiger partial charge in [0.25, 0.3) is 11.2 Å². The van der Waals surface area contributed by atoms with Crippen LogP contribution in [0.3, 0.4) is 0 Å². The highest BCUT2D eigenvalue weighted by Crippen LogP contribution is 1.95. The van der Waals surface area contributed by atoms with Gasteiger partial charge >= 0.3 is 0 Å². The number of aromatic nitrogens is 5. The van der Waals surface area contributed by atoms with Gasteiger partial charge in [0.2, 0.25) is 0 Å². The Labute approximate surface area is 61.1 Å². The van der Waals surface area contributed by atoms with Gasteiger partial charge in [0, 0.05) is 11.2 Å². The number of fused-ring (bicyclic) bond motifs is 1. The summed E-state index contributed by atoms with van der Waals surface area (Å²) in [6.45, 7) is 0. The van der Waals surface area contributed by atoms with Crippen LogP contribution in [0, 0.1) is 5.21 Å². The Kier molecular flexibility index (Phi) is 1.12. The zero-order chi connectivity index (χ0) is 7.68. The number of hydrogen-bond donors (Lipinski definition) is 0. The predicted octanol–water partition coefficient (Wildman–Crippen LogP) is -0.947. The van der Waals surface area contributed by atoms with Crippen molar-refractivity contribution >= 4 is 11.2 Å². The third kappa shape index (κ3) is 0.841. The first-order valence-corrected chi connectivity index (χ1v) is 2.90. The Morgan fingerprint density at radius 1 is 1.45 bits per heavy atom. The van der Waals surface area contributed by atoms with E-state index >= 15 is 0 Å². The normalized spacial score (nSPS) is 10.2. The summed E-state index contributed by atoms with van der Waals surface area (Å²) in [4.78, 5) is 4.19. The van der Waals surface area contributed by atoms with Crippen LogP contribution in [0.5, 0.6) is 0 Å². The Hall–Kier alpha value is -1.85. The van der Waals surface area contributed by atoms with Crippen LogP contribution < -0.4 is 4.85 Å². The minimum atomic E-state index is 0.303. The summed E-state index contributed by atoms with van der Waals surface area (Å²) in [5.41, 5.74) is 0.625. The highest BCUT2D eigenvalue weighted by molar-refractivity contribution is 5.63. The molecule has 0 fully saturated rings. The fraction of sp³-hybridized carbons (Fsp3) is 0. The van der Waals surface area contributed by atoms with Gasteiger partial charge in [-0.3, -0.25) is 0 Å². The Morgan fingerprint density at radius 3 is 3.18 bits per heavy atom. The molecule has 0 saturated heterocycles. The van der Waals surface area contributed by atoms with E-state index in [2.05, 4.69) is 20.3 Å². The average molecular weight is 149 g/mol. The van der Waals surface area contributed by atoms with Crippen LogP contribution in [-0.4, -0.2) is 20.3 Å². The summed E-state index contributed by atoms with van der Waals surface area (Å²) in [5, 5.41) is 21.4. The van der Waals surface area contributed by atoms with Crippen LogP contribution >= 0.6 is 0 Å². The van der Waals surface area contributed by atoms with Crippen molar-refractivity contribution in [2.45, 2.75) is 0 Å². The molecule has 6 nitrogen and oxygen atoms in total. The van der Waals surface area contributed by atoms with Crippen LogP contribution in [0.2, 0.25) is 0 Å². The summed E-state index contributed by atoms with van der Waals surface area (Å²) in [7, 11) is 0. The van der Waals surface area contributed by atoms with Gasteiger partial charge in [-0.05, 0) is 4.85 Å². The van der Waals surface area contributed by atoms with Crippen molar-refractivity contribution in [3.63, 3.8) is 0 Å². The smallest absolute Gasteiger partial charge is 0.292 e. The van der Waals surface area contributed by atoms with Crippen molar-refractivity contribution < 1.29 is 4.85 Å². The second-order valence-electron chi connectivity index (χ2n) is 1.87. The summed E-state index contributed by atoms with van der Waals surface area (Å²) in [5.74, 6) is 0. The van der Waals surface area contributed by atoms with Crippen molar-refractivity contribution in [3.8, 4) is 0 Å². The summed E-state index contributed by atoms with van der Waals surface area (Å²) in [6, 6.07) is 1.51. The molecule has 0 amide bonds. The third-order valence-electron chi connectivity index (χ3n) is 1.22. The van der Waals surface area contributed by atoms with E-state index in [4.69, 9.17) is 0 Å². The molecule has 11 heavy (non-hydrogen) atoms. The van der Waals surface area contributed by atoms with Gasteiger partial charge in [0.1, 0.15) is 0 Å². The molecule has 2 aromatic heterocycles. The number of rotatable bonds is 0. The molecule has 0 aliphatic rings. The van der Waals surface area contributed by atoms with Gasteiger partial charge in [-0.25, -0.2) is 4.98 Å². The van der Waals surface area contributed by atoms with Crippen LogP contribution in [0.4, 0.5) is 0 Å². The average Bonchev–Trinajstić information content (AvgIpc) is 2.06. The highest BCUT2D eigenvalue weighted by atomic mass is 16.5. The minimum absolute atomic E-state index is 0.303. The van der Waals surface area contributed by atoms with Gasteiger partial charge in [-0.1, -0.05) is 0 Å². The molecule has 0 atom stereocenters. The van der Waals surface area contributed by atoms with Crippen molar-refractivity contribution in [2.24, 2.45) is 0 Å². The second kappa shape index (κ2) is 2.08. The van der Waals surface area contributed by atoms with E-state index in [-0.39, 0.29) is 0 Å². The molecular formula is C5H3N5O. The lowest BCUT2D eigenvalue weighted by atomic mass is 10.5. The van der Waals surface area contributed by atoms with Crippen LogP contribution in [-0.2, 0) is 0 Å². The molecule has 6 heteroatoms. The molecule has 0 aromatic carbocycles. The summed E-state index contributed by atoms with van der Waals surface area (Å²) < 4.78 is 0. The molecule has 54 valence electrons. The molecule has 0 aliphatic heterocycles. The Balaban J connectivity index is 2.91. The minimum Gasteiger partial charge on any atom is -0.594 e. The van der Waals surface area contributed by atoms with Crippen LogP contribution in [0.1, 0.15) is 0 Å². The van der Waals surface area contributed by atoms with E-state index in [1.54, 1.807) is 0 Å². The second-order valence-corrected chi connectivity index (χ2v) is 1.87. The molecule has 0 bridgehead atoms. The van der Waals surface area contributed by atoms with Gasteiger partial charge in [0.15, 0.2) is 6.33 Å². The van der Waals surface area contributed by atoms with Crippen LogP contribution in [0.15, 0.2) is 18.6 Å². The Morgan fingerprint density at radius 2 is 2.36 bits per heavy atom. The molecule has 0 saturated carbocycles. The van der Waals surface area contributed by atoms with E-state index in [0.29, 0.717) is 16.0 Å². The van der Waals surface area contributed by atoms with Gasteiger partial charge in [-0.15, -0.1) is 5.10 Å². The largest absolute Gasteiger partial charge is 0.594 e. The lowest BCUT2D eigenvalue weighted by Gasteiger charge is -1.93. The zero-order valence-electron chi connectivity index (χ0n) is 5.38. The molecule has 0 aliphatic carbocycles. The van der Waals surface area contributed by atoms with E-state index in [0.717, 1.165) is 6.33 Å². The molecule has 0 unspecified atom stereocenters. The van der Waals surface area contributed by atoms with E-state index < -0.39 is 0 Å². The molecular weight excluding hydrogens is 146 g/mol. The third-order valence-corrected chi connectivity index (χ3v) is 1.22. The van der Waals surface area contributed by atoms with Crippen molar-refractivity contribution in [2.75, 3.05) is 0 Å². The maximum Gasteiger partial charge on any atom is 0.292 e. The molecule has 0 N–H and O–H groups in total. The standard InChI is InChI=1S/C5H3N5O/c11-10-4-1-2-7-9-5(4)6-3-8-10/h1-3H. The van der Waals surface area contributed by atoms with Gasteiger partial charge in [-0.2, -0.15) is 5.10 Å². The fourth-order valence-electron chi connectivity index (χ4n) is 0.749. The van der Waals surface area contributed by atoms with E-state index in [1.165, 1.54) is 12.3 Å². The summed E-state index contributed by atoms with van der Waals surface area (Å²) >= 11 is 0. The van der Waals surface area contributed by atoms with E-state index in [1.807, 2.05) is 0 Å². The first kappa shape index (κ1) is 5.90. The molecule has 0 radical (unpaired) electrons. The SMILES string of the molecule is [O-][n+]1ncnc2nnccc21. The maximum atomic E-state index is 10.9. The lowest BCUT2D eigenvalue weighted by Crippen LogP contribution is -2.32. The van der Waals surface area contributed by atoms with Crippen LogP contribution in [0.25, 0.3) is 11.2 Å². The molecule has 2 heterocycles. The predicted molar refractivity (Wildman–Crippen MR) is 34.1 cm³/mol. The first-order chi connectivity index (χ1) is 5.38. The number of hydrogen-bond acceptors (Lipinski definition) is 5. The highest BCUT2D eigenvalue weighted by Gasteiger charge is 2.04. The summed E-state index contributed by atoms with van der Waals surface area (Å²) in [6.07, 6.45) is 2.56.